The van der Waals surface area contributed by atoms with Crippen molar-refractivity contribution >= 4 is 22.9 Å². The minimum atomic E-state index is -4.76. The number of hydrogen-bond donors (Lipinski definition) is 1. The molecule has 0 radical (unpaired) electrons. The normalized spacial score (nSPS) is 15.1. The van der Waals surface area contributed by atoms with E-state index in [1.165, 1.54) is 0 Å². The summed E-state index contributed by atoms with van der Waals surface area (Å²) in [4.78, 5) is 21.1. The standard InChI is InChI=1S/C28H33F3N4O2S/c1-4-34(5-2)18-21-9-6-7-12-23(21)27-33-25(28(29,30)31)24(38-27)26(36)32-19(3)20-10-8-11-22(17-20)35-13-15-37-16-14-35/h6-12,17,19H,4-5,13-16,18H2,1-3H3,(H,32,36)/t19-/m0/s1. The molecule has 204 valence electrons. The Balaban J connectivity index is 1.60. The highest BCUT2D eigenvalue weighted by Gasteiger charge is 2.40. The maximum atomic E-state index is 14.0. The quantitative estimate of drug-likeness (QED) is 0.357. The van der Waals surface area contributed by atoms with Gasteiger partial charge in [-0.1, -0.05) is 50.2 Å². The largest absolute Gasteiger partial charge is 0.435 e. The van der Waals surface area contributed by atoms with Crippen LogP contribution in [-0.2, 0) is 17.5 Å². The molecule has 0 spiro atoms. The van der Waals surface area contributed by atoms with Crippen LogP contribution in [0.15, 0.2) is 48.5 Å². The molecule has 1 atom stereocenters. The van der Waals surface area contributed by atoms with Crippen LogP contribution in [0.4, 0.5) is 18.9 Å². The maximum Gasteiger partial charge on any atom is 0.435 e. The number of rotatable bonds is 9. The number of ether oxygens (including phenoxy) is 1. The van der Waals surface area contributed by atoms with E-state index in [4.69, 9.17) is 4.74 Å². The van der Waals surface area contributed by atoms with Gasteiger partial charge in [0.1, 0.15) is 9.88 Å². The summed E-state index contributed by atoms with van der Waals surface area (Å²) in [7, 11) is 0. The van der Waals surface area contributed by atoms with Gasteiger partial charge in [-0.2, -0.15) is 13.2 Å². The number of hydrogen-bond acceptors (Lipinski definition) is 6. The smallest absolute Gasteiger partial charge is 0.378 e. The minimum Gasteiger partial charge on any atom is -0.378 e. The Morgan fingerprint density at radius 1 is 1.13 bits per heavy atom. The summed E-state index contributed by atoms with van der Waals surface area (Å²) in [5, 5.41) is 2.95. The summed E-state index contributed by atoms with van der Waals surface area (Å²) >= 11 is 0.783. The molecule has 1 fully saturated rings. The lowest BCUT2D eigenvalue weighted by atomic mass is 10.1. The van der Waals surface area contributed by atoms with Crippen molar-refractivity contribution in [1.82, 2.24) is 15.2 Å². The Labute approximate surface area is 225 Å². The van der Waals surface area contributed by atoms with Crippen LogP contribution in [-0.4, -0.2) is 55.2 Å². The van der Waals surface area contributed by atoms with Crippen LogP contribution in [0.2, 0.25) is 0 Å². The lowest BCUT2D eigenvalue weighted by Gasteiger charge is -2.29. The third-order valence-corrected chi connectivity index (χ3v) is 7.82. The number of nitrogens with one attached hydrogen (secondary N) is 1. The summed E-state index contributed by atoms with van der Waals surface area (Å²) in [5.41, 5.74) is 2.14. The topological polar surface area (TPSA) is 57.7 Å². The van der Waals surface area contributed by atoms with Crippen LogP contribution in [0.3, 0.4) is 0 Å². The van der Waals surface area contributed by atoms with E-state index < -0.39 is 28.7 Å². The summed E-state index contributed by atoms with van der Waals surface area (Å²) in [5.74, 6) is -0.786. The van der Waals surface area contributed by atoms with Crippen molar-refractivity contribution in [2.24, 2.45) is 0 Å². The molecule has 3 aromatic rings. The zero-order chi connectivity index (χ0) is 27.3. The van der Waals surface area contributed by atoms with Gasteiger partial charge >= 0.3 is 6.18 Å². The van der Waals surface area contributed by atoms with Crippen molar-refractivity contribution in [3.8, 4) is 10.6 Å². The lowest BCUT2D eigenvalue weighted by molar-refractivity contribution is -0.141. The number of nitrogens with zero attached hydrogens (tertiary/aromatic N) is 3. The molecule has 38 heavy (non-hydrogen) atoms. The second-order valence-corrected chi connectivity index (χ2v) is 10.2. The number of carbonyl (C=O) groups is 1. The van der Waals surface area contributed by atoms with Crippen LogP contribution >= 0.6 is 11.3 Å². The van der Waals surface area contributed by atoms with Gasteiger partial charge in [-0.3, -0.25) is 9.69 Å². The molecule has 1 aliphatic heterocycles. The van der Waals surface area contributed by atoms with E-state index in [1.807, 2.05) is 50.2 Å². The Bertz CT molecular complexity index is 1240. The molecule has 2 heterocycles. The third kappa shape index (κ3) is 6.54. The van der Waals surface area contributed by atoms with Gasteiger partial charge in [-0.25, -0.2) is 4.98 Å². The fourth-order valence-corrected chi connectivity index (χ4v) is 5.54. The van der Waals surface area contributed by atoms with E-state index in [-0.39, 0.29) is 5.01 Å². The number of thiazole rings is 1. The van der Waals surface area contributed by atoms with Crippen LogP contribution < -0.4 is 10.2 Å². The third-order valence-electron chi connectivity index (χ3n) is 6.73. The molecule has 1 aliphatic rings. The maximum absolute atomic E-state index is 14.0. The van der Waals surface area contributed by atoms with Gasteiger partial charge in [0, 0.05) is 30.9 Å². The van der Waals surface area contributed by atoms with Crippen LogP contribution in [0.25, 0.3) is 10.6 Å². The second-order valence-electron chi connectivity index (χ2n) is 9.20. The highest BCUT2D eigenvalue weighted by molar-refractivity contribution is 7.17. The number of amides is 1. The SMILES string of the molecule is CCN(CC)Cc1ccccc1-c1nc(C(F)(F)F)c(C(=O)N[C@@H](C)c2cccc(N3CCOCC3)c2)s1. The summed E-state index contributed by atoms with van der Waals surface area (Å²) in [6, 6.07) is 14.5. The Morgan fingerprint density at radius 2 is 1.84 bits per heavy atom. The average molecular weight is 547 g/mol. The fourth-order valence-electron chi connectivity index (χ4n) is 4.49. The van der Waals surface area contributed by atoms with Crippen LogP contribution in [0, 0.1) is 0 Å². The lowest BCUT2D eigenvalue weighted by Crippen LogP contribution is -2.36. The van der Waals surface area contributed by atoms with Gasteiger partial charge in [-0.05, 0) is 43.3 Å². The molecule has 4 rings (SSSR count). The first-order chi connectivity index (χ1) is 18.2. The molecule has 1 N–H and O–H groups in total. The van der Waals surface area contributed by atoms with Gasteiger partial charge < -0.3 is 15.0 Å². The Morgan fingerprint density at radius 3 is 2.53 bits per heavy atom. The number of carbonyl (C=O) groups excluding carboxylic acids is 1. The van der Waals surface area contributed by atoms with E-state index >= 15 is 0 Å². The van der Waals surface area contributed by atoms with Gasteiger partial charge in [0.2, 0.25) is 0 Å². The number of alkyl halides is 3. The summed E-state index contributed by atoms with van der Waals surface area (Å²) in [6.07, 6.45) is -4.76. The molecule has 0 aliphatic carbocycles. The van der Waals surface area contributed by atoms with Crippen molar-refractivity contribution in [1.29, 1.82) is 0 Å². The van der Waals surface area contributed by atoms with E-state index in [0.29, 0.717) is 25.3 Å². The van der Waals surface area contributed by atoms with Gasteiger partial charge in [0.25, 0.3) is 5.91 Å². The average Bonchev–Trinajstić information content (AvgIpc) is 3.39. The van der Waals surface area contributed by atoms with E-state index in [2.05, 4.69) is 20.1 Å². The highest BCUT2D eigenvalue weighted by Crippen LogP contribution is 2.39. The fraction of sp³-hybridized carbons (Fsp3) is 0.429. The number of benzene rings is 2. The Hall–Kier alpha value is -2.95. The van der Waals surface area contributed by atoms with Gasteiger partial charge in [-0.15, -0.1) is 11.3 Å². The van der Waals surface area contributed by atoms with Crippen LogP contribution in [0.1, 0.15) is 53.3 Å². The number of halogens is 3. The number of aromatic nitrogens is 1. The molecular formula is C28H33F3N4O2S. The highest BCUT2D eigenvalue weighted by atomic mass is 32.1. The molecule has 1 aromatic heterocycles. The van der Waals surface area contributed by atoms with E-state index in [1.54, 1.807) is 19.1 Å². The molecular weight excluding hydrogens is 513 g/mol. The van der Waals surface area contributed by atoms with Gasteiger partial charge in [0.15, 0.2) is 5.69 Å². The van der Waals surface area contributed by atoms with Crippen molar-refractivity contribution < 1.29 is 22.7 Å². The number of anilines is 1. The predicted octanol–water partition coefficient (Wildman–Crippen LogP) is 6.00. The molecule has 1 amide bonds. The minimum absolute atomic E-state index is 0.187. The molecule has 1 saturated heterocycles. The molecule has 0 bridgehead atoms. The number of morpholine rings is 1. The predicted molar refractivity (Wildman–Crippen MR) is 145 cm³/mol. The first-order valence-electron chi connectivity index (χ1n) is 12.8. The first kappa shape index (κ1) is 28.1. The Kier molecular flexibility index (Phi) is 9.07. The van der Waals surface area contributed by atoms with Crippen molar-refractivity contribution in [2.45, 2.75) is 39.5 Å². The van der Waals surface area contributed by atoms with Crippen molar-refractivity contribution in [3.63, 3.8) is 0 Å². The molecule has 0 unspecified atom stereocenters. The summed E-state index contributed by atoms with van der Waals surface area (Å²) in [6.45, 7) is 10.9. The molecule has 0 saturated carbocycles. The monoisotopic (exact) mass is 546 g/mol. The summed E-state index contributed by atoms with van der Waals surface area (Å²) < 4.78 is 47.5. The van der Waals surface area contributed by atoms with E-state index in [9.17, 15) is 18.0 Å². The van der Waals surface area contributed by atoms with Crippen molar-refractivity contribution in [2.75, 3.05) is 44.3 Å². The van der Waals surface area contributed by atoms with Crippen molar-refractivity contribution in [3.05, 3.63) is 70.2 Å². The molecule has 6 nitrogen and oxygen atoms in total. The van der Waals surface area contributed by atoms with Gasteiger partial charge in [0.05, 0.1) is 19.3 Å². The zero-order valence-electron chi connectivity index (χ0n) is 21.8. The van der Waals surface area contributed by atoms with E-state index in [0.717, 1.165) is 54.3 Å². The molecule has 10 heteroatoms. The second kappa shape index (κ2) is 12.3. The zero-order valence-corrected chi connectivity index (χ0v) is 22.7. The van der Waals surface area contributed by atoms with Crippen LogP contribution in [0.5, 0.6) is 0 Å². The molecule has 2 aromatic carbocycles. The first-order valence-corrected chi connectivity index (χ1v) is 13.6.